The highest BCUT2D eigenvalue weighted by molar-refractivity contribution is 5.78. The predicted molar refractivity (Wildman–Crippen MR) is 69.6 cm³/mol. The Hall–Kier alpha value is -1.90. The van der Waals surface area contributed by atoms with Crippen LogP contribution in [0.1, 0.15) is 23.9 Å². The van der Waals surface area contributed by atoms with E-state index in [2.05, 4.69) is 0 Å². The largest absolute Gasteiger partial charge is 0.318 e. The molecule has 2 aromatic rings. The number of Topliss-reactive ketones (excluding diaryl/α,β-unsaturated/α-hetero) is 1. The molecule has 1 aromatic carbocycles. The van der Waals surface area contributed by atoms with E-state index in [1.165, 1.54) is 12.1 Å². The van der Waals surface area contributed by atoms with E-state index >= 15 is 0 Å². The number of ketones is 1. The van der Waals surface area contributed by atoms with Gasteiger partial charge in [-0.05, 0) is 50.6 Å². The van der Waals surface area contributed by atoms with Gasteiger partial charge in [-0.15, -0.1) is 0 Å². The number of hydrogen-bond acceptors (Lipinski definition) is 1. The molecule has 0 aliphatic rings. The fourth-order valence-electron chi connectivity index (χ4n) is 2.29. The van der Waals surface area contributed by atoms with E-state index in [0.29, 0.717) is 6.42 Å². The van der Waals surface area contributed by atoms with Crippen LogP contribution in [0.4, 0.5) is 4.39 Å². The van der Waals surface area contributed by atoms with Crippen molar-refractivity contribution in [2.45, 2.75) is 27.2 Å². The smallest absolute Gasteiger partial charge is 0.134 e. The van der Waals surface area contributed by atoms with Gasteiger partial charge >= 0.3 is 0 Å². The molecule has 0 atom stereocenters. The molecule has 0 spiro atoms. The van der Waals surface area contributed by atoms with E-state index in [9.17, 15) is 9.18 Å². The lowest BCUT2D eigenvalue weighted by Gasteiger charge is -2.09. The summed E-state index contributed by atoms with van der Waals surface area (Å²) in [5, 5.41) is 0. The van der Waals surface area contributed by atoms with Crippen LogP contribution in [0.25, 0.3) is 5.69 Å². The molecule has 0 saturated heterocycles. The first kappa shape index (κ1) is 12.6. The van der Waals surface area contributed by atoms with E-state index in [0.717, 1.165) is 22.6 Å². The lowest BCUT2D eigenvalue weighted by molar-refractivity contribution is -0.116. The summed E-state index contributed by atoms with van der Waals surface area (Å²) in [4.78, 5) is 11.2. The quantitative estimate of drug-likeness (QED) is 0.812. The molecule has 1 heterocycles. The number of rotatable bonds is 3. The highest BCUT2D eigenvalue weighted by Crippen LogP contribution is 2.21. The van der Waals surface area contributed by atoms with E-state index in [1.54, 1.807) is 13.0 Å². The van der Waals surface area contributed by atoms with Gasteiger partial charge in [-0.1, -0.05) is 6.07 Å². The van der Waals surface area contributed by atoms with Gasteiger partial charge in [-0.25, -0.2) is 4.39 Å². The Bertz CT molecular complexity index is 599. The second-order valence-electron chi connectivity index (χ2n) is 4.59. The normalized spacial score (nSPS) is 10.7. The summed E-state index contributed by atoms with van der Waals surface area (Å²) in [7, 11) is 0. The Morgan fingerprint density at radius 2 is 2.00 bits per heavy atom. The molecular formula is C15H16FNO. The molecule has 0 amide bonds. The topological polar surface area (TPSA) is 22.0 Å². The summed E-state index contributed by atoms with van der Waals surface area (Å²) < 4.78 is 15.2. The molecule has 2 rings (SSSR count). The third kappa shape index (κ3) is 2.35. The molecule has 0 bridgehead atoms. The van der Waals surface area contributed by atoms with Crippen LogP contribution in [0.15, 0.2) is 30.3 Å². The van der Waals surface area contributed by atoms with Crippen molar-refractivity contribution in [3.05, 3.63) is 53.1 Å². The van der Waals surface area contributed by atoms with Gasteiger partial charge in [-0.2, -0.15) is 0 Å². The molecule has 3 heteroatoms. The van der Waals surface area contributed by atoms with Gasteiger partial charge in [0.2, 0.25) is 0 Å². The minimum Gasteiger partial charge on any atom is -0.318 e. The molecule has 0 fully saturated rings. The number of aromatic nitrogens is 1. The summed E-state index contributed by atoms with van der Waals surface area (Å²) in [6.07, 6.45) is 0.426. The van der Waals surface area contributed by atoms with Crippen molar-refractivity contribution < 1.29 is 9.18 Å². The van der Waals surface area contributed by atoms with Crippen LogP contribution >= 0.6 is 0 Å². The molecule has 0 unspecified atom stereocenters. The molecule has 0 N–H and O–H groups in total. The van der Waals surface area contributed by atoms with Crippen LogP contribution in [-0.4, -0.2) is 10.4 Å². The van der Waals surface area contributed by atoms with Crippen LogP contribution in [0.3, 0.4) is 0 Å². The van der Waals surface area contributed by atoms with Gasteiger partial charge in [0.25, 0.3) is 0 Å². The number of hydrogen-bond donors (Lipinski definition) is 0. The number of nitrogens with zero attached hydrogens (tertiary/aromatic N) is 1. The fraction of sp³-hybridized carbons (Fsp3) is 0.267. The van der Waals surface area contributed by atoms with Gasteiger partial charge in [0, 0.05) is 23.5 Å². The predicted octanol–water partition coefficient (Wildman–Crippen LogP) is 3.36. The highest BCUT2D eigenvalue weighted by Gasteiger charge is 2.12. The first-order valence-electron chi connectivity index (χ1n) is 5.92. The summed E-state index contributed by atoms with van der Waals surface area (Å²) in [5.41, 5.74) is 3.80. The van der Waals surface area contributed by atoms with Crippen LogP contribution in [0.2, 0.25) is 0 Å². The molecule has 18 heavy (non-hydrogen) atoms. The maximum absolute atomic E-state index is 13.3. The monoisotopic (exact) mass is 245 g/mol. The van der Waals surface area contributed by atoms with Crippen molar-refractivity contribution in [2.24, 2.45) is 0 Å². The average Bonchev–Trinajstić information content (AvgIpc) is 2.53. The number of aryl methyl sites for hydroxylation is 1. The van der Waals surface area contributed by atoms with Crippen LogP contribution < -0.4 is 0 Å². The van der Waals surface area contributed by atoms with Crippen molar-refractivity contribution in [3.8, 4) is 5.69 Å². The van der Waals surface area contributed by atoms with Gasteiger partial charge in [0.05, 0.1) is 0 Å². The zero-order valence-electron chi connectivity index (χ0n) is 10.8. The van der Waals surface area contributed by atoms with Crippen molar-refractivity contribution in [3.63, 3.8) is 0 Å². The second-order valence-corrected chi connectivity index (χ2v) is 4.59. The minimum absolute atomic E-state index is 0.134. The minimum atomic E-state index is -0.256. The van der Waals surface area contributed by atoms with Gasteiger partial charge < -0.3 is 4.57 Å². The molecule has 0 radical (unpaired) electrons. The molecule has 2 nitrogen and oxygen atoms in total. The molecule has 1 aromatic heterocycles. The fourth-order valence-corrected chi connectivity index (χ4v) is 2.29. The lowest BCUT2D eigenvalue weighted by atomic mass is 10.1. The third-order valence-electron chi connectivity index (χ3n) is 3.04. The van der Waals surface area contributed by atoms with Crippen LogP contribution in [-0.2, 0) is 11.2 Å². The van der Waals surface area contributed by atoms with Crippen molar-refractivity contribution >= 4 is 5.78 Å². The van der Waals surface area contributed by atoms with E-state index in [-0.39, 0.29) is 11.6 Å². The molecular weight excluding hydrogens is 229 g/mol. The molecule has 0 aliphatic heterocycles. The van der Waals surface area contributed by atoms with E-state index in [4.69, 9.17) is 0 Å². The van der Waals surface area contributed by atoms with Gasteiger partial charge in [0.1, 0.15) is 11.6 Å². The Balaban J connectivity index is 2.51. The standard InChI is InChI=1S/C15H16FNO/c1-10-7-13(8-11(2)18)12(3)17(10)15-6-4-5-14(16)9-15/h4-7,9H,8H2,1-3H3. The maximum atomic E-state index is 13.3. The molecule has 94 valence electrons. The van der Waals surface area contributed by atoms with Crippen molar-refractivity contribution in [1.82, 2.24) is 4.57 Å². The van der Waals surface area contributed by atoms with Crippen LogP contribution in [0, 0.1) is 19.7 Å². The van der Waals surface area contributed by atoms with E-state index in [1.807, 2.05) is 30.5 Å². The lowest BCUT2D eigenvalue weighted by Crippen LogP contribution is -2.02. The van der Waals surface area contributed by atoms with Crippen LogP contribution in [0.5, 0.6) is 0 Å². The van der Waals surface area contributed by atoms with E-state index < -0.39 is 0 Å². The average molecular weight is 245 g/mol. The number of benzene rings is 1. The summed E-state index contributed by atoms with van der Waals surface area (Å²) in [6.45, 7) is 5.49. The Morgan fingerprint density at radius 1 is 1.28 bits per heavy atom. The Morgan fingerprint density at radius 3 is 2.61 bits per heavy atom. The maximum Gasteiger partial charge on any atom is 0.134 e. The summed E-state index contributed by atoms with van der Waals surface area (Å²) in [6, 6.07) is 8.46. The summed E-state index contributed by atoms with van der Waals surface area (Å²) >= 11 is 0. The third-order valence-corrected chi connectivity index (χ3v) is 3.04. The summed E-state index contributed by atoms with van der Waals surface area (Å²) in [5.74, 6) is -0.123. The molecule has 0 saturated carbocycles. The van der Waals surface area contributed by atoms with Gasteiger partial charge in [-0.3, -0.25) is 4.79 Å². The number of carbonyl (C=O) groups excluding carboxylic acids is 1. The second kappa shape index (κ2) is 4.77. The van der Waals surface area contributed by atoms with Gasteiger partial charge in [0.15, 0.2) is 0 Å². The highest BCUT2D eigenvalue weighted by atomic mass is 19.1. The van der Waals surface area contributed by atoms with Crippen molar-refractivity contribution in [1.29, 1.82) is 0 Å². The Labute approximate surface area is 106 Å². The van der Waals surface area contributed by atoms with Crippen molar-refractivity contribution in [2.75, 3.05) is 0 Å². The zero-order chi connectivity index (χ0) is 13.3. The number of halogens is 1. The first-order chi connectivity index (χ1) is 8.49. The SMILES string of the molecule is CC(=O)Cc1cc(C)n(-c2cccc(F)c2)c1C. The first-order valence-corrected chi connectivity index (χ1v) is 5.92. The molecule has 0 aliphatic carbocycles. The number of carbonyl (C=O) groups is 1. The zero-order valence-corrected chi connectivity index (χ0v) is 10.8. The Kier molecular flexibility index (Phi) is 3.32.